The third-order valence-corrected chi connectivity index (χ3v) is 3.68. The molecule has 1 heterocycles. The molecule has 0 bridgehead atoms. The van der Waals surface area contributed by atoms with Crippen LogP contribution in [0.1, 0.15) is 18.4 Å². The molecule has 1 saturated heterocycles. The average Bonchev–Trinajstić information content (AvgIpc) is 2.37. The number of halogens is 1. The lowest BCUT2D eigenvalue weighted by molar-refractivity contribution is 0.0708. The van der Waals surface area contributed by atoms with Gasteiger partial charge in [-0.05, 0) is 30.5 Å². The topological polar surface area (TPSA) is 30.8 Å². The van der Waals surface area contributed by atoms with E-state index in [0.29, 0.717) is 0 Å². The predicted molar refractivity (Wildman–Crippen MR) is 71.4 cm³/mol. The smallest absolute Gasteiger partial charge is 0.106 e. The van der Waals surface area contributed by atoms with Crippen LogP contribution in [0, 0.1) is 0 Å². The Morgan fingerprint density at radius 1 is 1.41 bits per heavy atom. The molecule has 1 fully saturated rings. The summed E-state index contributed by atoms with van der Waals surface area (Å²) in [4.78, 5) is 4.84. The van der Waals surface area contributed by atoms with E-state index in [9.17, 15) is 0 Å². The van der Waals surface area contributed by atoms with E-state index in [1.807, 2.05) is 12.3 Å². The molecule has 0 unspecified atom stereocenters. The van der Waals surface area contributed by atoms with Gasteiger partial charge in [0.1, 0.15) is 7.11 Å². The number of hydrogen-bond donors (Lipinski definition) is 0. The monoisotopic (exact) mass is 297 g/mol. The van der Waals surface area contributed by atoms with Crippen LogP contribution in [0.25, 0.3) is 0 Å². The van der Waals surface area contributed by atoms with Crippen LogP contribution < -0.4 is 0 Å². The molecule has 1 aliphatic rings. The first-order valence-electron chi connectivity index (χ1n) is 5.68. The average molecular weight is 298 g/mol. The van der Waals surface area contributed by atoms with Crippen LogP contribution in [-0.4, -0.2) is 26.5 Å². The van der Waals surface area contributed by atoms with Crippen LogP contribution in [0.4, 0.5) is 0 Å². The Balaban J connectivity index is 2.35. The number of hydrogen-bond acceptors (Lipinski definition) is 3. The Bertz CT molecular complexity index is 400. The summed E-state index contributed by atoms with van der Waals surface area (Å²) in [5.41, 5.74) is 1.20. The van der Waals surface area contributed by atoms with Gasteiger partial charge in [-0.3, -0.25) is 0 Å². The molecule has 17 heavy (non-hydrogen) atoms. The standard InChI is InChI=1S/C13H16BrNO2/c1-16-15-10-13(5-7-17-8-6-13)11-3-2-4-12(14)9-11/h2-4,9-10H,5-8H2,1H3/b15-10+. The maximum Gasteiger partial charge on any atom is 0.106 e. The molecule has 1 aromatic carbocycles. The maximum atomic E-state index is 5.44. The molecule has 2 rings (SSSR count). The Labute approximate surface area is 110 Å². The molecule has 92 valence electrons. The molecular formula is C13H16BrNO2. The van der Waals surface area contributed by atoms with E-state index in [-0.39, 0.29) is 5.41 Å². The van der Waals surface area contributed by atoms with Crippen molar-refractivity contribution in [2.75, 3.05) is 20.3 Å². The minimum atomic E-state index is -0.0575. The Morgan fingerprint density at radius 2 is 2.18 bits per heavy atom. The van der Waals surface area contributed by atoms with E-state index < -0.39 is 0 Å². The highest BCUT2D eigenvalue weighted by molar-refractivity contribution is 9.10. The van der Waals surface area contributed by atoms with Gasteiger partial charge < -0.3 is 9.57 Å². The van der Waals surface area contributed by atoms with Crippen molar-refractivity contribution in [1.82, 2.24) is 0 Å². The third-order valence-electron chi connectivity index (χ3n) is 3.19. The van der Waals surface area contributed by atoms with Gasteiger partial charge in [0.15, 0.2) is 0 Å². The molecular weight excluding hydrogens is 282 g/mol. The van der Waals surface area contributed by atoms with E-state index >= 15 is 0 Å². The van der Waals surface area contributed by atoms with Crippen molar-refractivity contribution in [3.05, 3.63) is 34.3 Å². The number of benzene rings is 1. The number of nitrogens with zero attached hydrogens (tertiary/aromatic N) is 1. The molecule has 1 aromatic rings. The summed E-state index contributed by atoms with van der Waals surface area (Å²) in [6.45, 7) is 1.53. The highest BCUT2D eigenvalue weighted by atomic mass is 79.9. The summed E-state index contributed by atoms with van der Waals surface area (Å²) in [6.07, 6.45) is 3.80. The molecule has 0 spiro atoms. The van der Waals surface area contributed by atoms with Crippen molar-refractivity contribution >= 4 is 22.1 Å². The Hall–Kier alpha value is -0.870. The van der Waals surface area contributed by atoms with Crippen LogP contribution in [0.15, 0.2) is 33.9 Å². The molecule has 0 radical (unpaired) electrons. The fraction of sp³-hybridized carbons (Fsp3) is 0.462. The minimum Gasteiger partial charge on any atom is -0.399 e. The van der Waals surface area contributed by atoms with Gasteiger partial charge in [0.25, 0.3) is 0 Å². The van der Waals surface area contributed by atoms with Crippen molar-refractivity contribution in [2.24, 2.45) is 5.16 Å². The van der Waals surface area contributed by atoms with Gasteiger partial charge in [-0.25, -0.2) is 0 Å². The summed E-state index contributed by atoms with van der Waals surface area (Å²) >= 11 is 3.51. The van der Waals surface area contributed by atoms with Crippen LogP contribution >= 0.6 is 15.9 Å². The number of rotatable bonds is 3. The van der Waals surface area contributed by atoms with Crippen molar-refractivity contribution in [3.8, 4) is 0 Å². The molecule has 3 nitrogen and oxygen atoms in total. The van der Waals surface area contributed by atoms with Crippen LogP contribution in [0.5, 0.6) is 0 Å². The first-order valence-corrected chi connectivity index (χ1v) is 6.48. The zero-order valence-corrected chi connectivity index (χ0v) is 11.4. The lowest BCUT2D eigenvalue weighted by atomic mass is 9.75. The SMILES string of the molecule is CO/N=C/C1(c2cccc(Br)c2)CCOCC1. The summed E-state index contributed by atoms with van der Waals surface area (Å²) in [6, 6.07) is 8.37. The van der Waals surface area contributed by atoms with Crippen molar-refractivity contribution in [2.45, 2.75) is 18.3 Å². The summed E-state index contributed by atoms with van der Waals surface area (Å²) in [7, 11) is 1.57. The normalized spacial score (nSPS) is 19.4. The van der Waals surface area contributed by atoms with Crippen molar-refractivity contribution in [1.29, 1.82) is 0 Å². The summed E-state index contributed by atoms with van der Waals surface area (Å²) < 4.78 is 6.53. The Morgan fingerprint density at radius 3 is 2.82 bits per heavy atom. The molecule has 0 saturated carbocycles. The van der Waals surface area contributed by atoms with E-state index in [1.165, 1.54) is 5.56 Å². The zero-order chi connectivity index (χ0) is 12.1. The second kappa shape index (κ2) is 5.65. The van der Waals surface area contributed by atoms with Gasteiger partial charge in [0, 0.05) is 23.1 Å². The molecule has 0 aromatic heterocycles. The fourth-order valence-corrected chi connectivity index (χ4v) is 2.58. The van der Waals surface area contributed by atoms with E-state index in [1.54, 1.807) is 7.11 Å². The Kier molecular flexibility index (Phi) is 4.18. The molecule has 0 amide bonds. The summed E-state index contributed by atoms with van der Waals surface area (Å²) in [5, 5.41) is 3.98. The van der Waals surface area contributed by atoms with Crippen molar-refractivity contribution in [3.63, 3.8) is 0 Å². The largest absolute Gasteiger partial charge is 0.399 e. The number of oxime groups is 1. The van der Waals surface area contributed by atoms with E-state index in [4.69, 9.17) is 9.57 Å². The van der Waals surface area contributed by atoms with Gasteiger partial charge in [0.2, 0.25) is 0 Å². The lowest BCUT2D eigenvalue weighted by Gasteiger charge is -2.34. The fourth-order valence-electron chi connectivity index (χ4n) is 2.18. The molecule has 0 atom stereocenters. The van der Waals surface area contributed by atoms with Crippen LogP contribution in [-0.2, 0) is 15.0 Å². The second-order valence-electron chi connectivity index (χ2n) is 4.20. The molecule has 0 aliphatic carbocycles. The molecule has 0 N–H and O–H groups in total. The van der Waals surface area contributed by atoms with Gasteiger partial charge in [0.05, 0.1) is 6.21 Å². The predicted octanol–water partition coefficient (Wildman–Crippen LogP) is 3.13. The first kappa shape index (κ1) is 12.6. The second-order valence-corrected chi connectivity index (χ2v) is 5.11. The van der Waals surface area contributed by atoms with Crippen LogP contribution in [0.2, 0.25) is 0 Å². The van der Waals surface area contributed by atoms with E-state index in [0.717, 1.165) is 30.5 Å². The highest BCUT2D eigenvalue weighted by Crippen LogP contribution is 2.34. The maximum absolute atomic E-state index is 5.44. The van der Waals surface area contributed by atoms with Crippen molar-refractivity contribution < 1.29 is 9.57 Å². The van der Waals surface area contributed by atoms with E-state index in [2.05, 4.69) is 39.3 Å². The minimum absolute atomic E-state index is 0.0575. The van der Waals surface area contributed by atoms with Crippen LogP contribution in [0.3, 0.4) is 0 Å². The van der Waals surface area contributed by atoms with Gasteiger partial charge in [-0.2, -0.15) is 0 Å². The van der Waals surface area contributed by atoms with Gasteiger partial charge in [-0.1, -0.05) is 33.2 Å². The highest BCUT2D eigenvalue weighted by Gasteiger charge is 2.33. The lowest BCUT2D eigenvalue weighted by Crippen LogP contribution is -2.35. The molecule has 1 aliphatic heterocycles. The summed E-state index contributed by atoms with van der Waals surface area (Å²) in [5.74, 6) is 0. The molecule has 4 heteroatoms. The van der Waals surface area contributed by atoms with Gasteiger partial charge >= 0.3 is 0 Å². The zero-order valence-electron chi connectivity index (χ0n) is 9.86. The van der Waals surface area contributed by atoms with Gasteiger partial charge in [-0.15, -0.1) is 0 Å². The number of ether oxygens (including phenoxy) is 1. The third kappa shape index (κ3) is 2.87. The quantitative estimate of drug-likeness (QED) is 0.634. The first-order chi connectivity index (χ1) is 8.27.